The van der Waals surface area contributed by atoms with Crippen molar-refractivity contribution in [3.63, 3.8) is 0 Å². The zero-order chi connectivity index (χ0) is 29.7. The molecule has 2 aromatic heterocycles. The van der Waals surface area contributed by atoms with Crippen molar-refractivity contribution in [2.24, 2.45) is 0 Å². The highest BCUT2D eigenvalue weighted by atomic mass is 16.5. The molecule has 2 aliphatic rings. The molecule has 40 heavy (non-hydrogen) atoms. The van der Waals surface area contributed by atoms with Crippen LogP contribution in [0.15, 0.2) is 24.3 Å². The van der Waals surface area contributed by atoms with Crippen molar-refractivity contribution < 1.29 is 9.84 Å². The second-order valence-electron chi connectivity index (χ2n) is 12.3. The first-order chi connectivity index (χ1) is 19.2. The lowest BCUT2D eigenvalue weighted by Gasteiger charge is -2.19. The molecule has 0 radical (unpaired) electrons. The standard InChI is InChI=1S/C17H28N2O.C16H26N2.CH4O/c1-12(2)16-9-8-15(17(18-16)11-19(3)4)13-6-7-14(10-13)20-5;1-4-7-14-10-11-15(13-8-5-6-9-13)16(17-14)12-18(2)3;1-2/h8-9,12-14H,6-7,10-11H2,1-5H3;10-11,13H,4-9,12H2,1-3H3;2H,1H3. The van der Waals surface area contributed by atoms with Gasteiger partial charge in [-0.2, -0.15) is 0 Å². The molecule has 0 bridgehead atoms. The number of aliphatic hydroxyl groups is 1. The van der Waals surface area contributed by atoms with Crippen molar-refractivity contribution in [1.82, 2.24) is 19.8 Å². The third-order valence-electron chi connectivity index (χ3n) is 8.08. The number of hydrogen-bond donors (Lipinski definition) is 1. The molecule has 0 aliphatic heterocycles. The Hall–Kier alpha value is -1.86. The van der Waals surface area contributed by atoms with E-state index in [4.69, 9.17) is 19.8 Å². The van der Waals surface area contributed by atoms with E-state index in [-0.39, 0.29) is 0 Å². The number of aryl methyl sites for hydroxylation is 1. The number of rotatable bonds is 10. The zero-order valence-corrected chi connectivity index (χ0v) is 27.0. The van der Waals surface area contributed by atoms with Crippen LogP contribution in [0.2, 0.25) is 0 Å². The zero-order valence-electron chi connectivity index (χ0n) is 27.0. The maximum Gasteiger partial charge on any atom is 0.0581 e. The molecule has 1 N–H and O–H groups in total. The Kier molecular flexibility index (Phi) is 15.3. The normalized spacial score (nSPS) is 19.1. The molecule has 6 heteroatoms. The lowest BCUT2D eigenvalue weighted by Crippen LogP contribution is -2.16. The Bertz CT molecular complexity index is 986. The average molecular weight is 555 g/mol. The summed E-state index contributed by atoms with van der Waals surface area (Å²) in [7, 11) is 11.3. The fourth-order valence-corrected chi connectivity index (χ4v) is 6.07. The second kappa shape index (κ2) is 17.8. The van der Waals surface area contributed by atoms with Gasteiger partial charge in [-0.15, -0.1) is 0 Å². The fraction of sp³-hybridized carbons (Fsp3) is 0.706. The van der Waals surface area contributed by atoms with Gasteiger partial charge in [0.2, 0.25) is 0 Å². The van der Waals surface area contributed by atoms with E-state index in [0.717, 1.165) is 39.0 Å². The molecule has 0 spiro atoms. The van der Waals surface area contributed by atoms with E-state index >= 15 is 0 Å². The van der Waals surface area contributed by atoms with Gasteiger partial charge in [-0.05, 0) is 108 Å². The first-order valence-corrected chi connectivity index (χ1v) is 15.5. The Morgan fingerprint density at radius 2 is 1.40 bits per heavy atom. The number of nitrogens with zero attached hydrogens (tertiary/aromatic N) is 4. The molecule has 0 aromatic carbocycles. The molecule has 2 atom stereocenters. The third kappa shape index (κ3) is 10.5. The molecule has 2 saturated carbocycles. The van der Waals surface area contributed by atoms with E-state index in [2.05, 4.69) is 83.0 Å². The number of aromatic nitrogens is 2. The second-order valence-corrected chi connectivity index (χ2v) is 12.3. The summed E-state index contributed by atoms with van der Waals surface area (Å²) >= 11 is 0. The molecule has 2 fully saturated rings. The van der Waals surface area contributed by atoms with Crippen molar-refractivity contribution in [3.8, 4) is 0 Å². The summed E-state index contributed by atoms with van der Waals surface area (Å²) in [6.07, 6.45) is 11.7. The fourth-order valence-electron chi connectivity index (χ4n) is 6.07. The van der Waals surface area contributed by atoms with Crippen LogP contribution >= 0.6 is 0 Å². The van der Waals surface area contributed by atoms with Gasteiger partial charge in [0, 0.05) is 38.7 Å². The average Bonchev–Trinajstić information content (AvgIpc) is 3.63. The van der Waals surface area contributed by atoms with Gasteiger partial charge in [0.1, 0.15) is 0 Å². The van der Waals surface area contributed by atoms with Crippen molar-refractivity contribution >= 4 is 0 Å². The quantitative estimate of drug-likeness (QED) is 0.344. The summed E-state index contributed by atoms with van der Waals surface area (Å²) in [5.41, 5.74) is 7.98. The van der Waals surface area contributed by atoms with Crippen molar-refractivity contribution in [2.75, 3.05) is 42.4 Å². The van der Waals surface area contributed by atoms with Crippen LogP contribution in [-0.2, 0) is 24.2 Å². The van der Waals surface area contributed by atoms with E-state index in [0.29, 0.717) is 17.9 Å². The summed E-state index contributed by atoms with van der Waals surface area (Å²) < 4.78 is 5.51. The van der Waals surface area contributed by atoms with Crippen LogP contribution in [0, 0.1) is 0 Å². The molecule has 226 valence electrons. The summed E-state index contributed by atoms with van der Waals surface area (Å²) in [5.74, 6) is 1.87. The molecule has 2 aromatic rings. The minimum absolute atomic E-state index is 0.428. The highest BCUT2D eigenvalue weighted by Crippen LogP contribution is 2.38. The Balaban J connectivity index is 0.000000265. The number of pyridine rings is 2. The van der Waals surface area contributed by atoms with Gasteiger partial charge < -0.3 is 19.6 Å². The van der Waals surface area contributed by atoms with E-state index < -0.39 is 0 Å². The van der Waals surface area contributed by atoms with Crippen LogP contribution in [0.3, 0.4) is 0 Å². The predicted octanol–water partition coefficient (Wildman–Crippen LogP) is 6.91. The largest absolute Gasteiger partial charge is 0.400 e. The van der Waals surface area contributed by atoms with Crippen LogP contribution in [0.25, 0.3) is 0 Å². The van der Waals surface area contributed by atoms with Gasteiger partial charge in [0.25, 0.3) is 0 Å². The Labute approximate surface area is 245 Å². The van der Waals surface area contributed by atoms with Crippen LogP contribution in [-0.4, -0.2) is 73.4 Å². The maximum absolute atomic E-state index is 7.00. The molecule has 6 nitrogen and oxygen atoms in total. The van der Waals surface area contributed by atoms with E-state index in [1.165, 1.54) is 78.8 Å². The molecular formula is C34H58N4O2. The van der Waals surface area contributed by atoms with Crippen LogP contribution < -0.4 is 0 Å². The number of hydrogen-bond acceptors (Lipinski definition) is 6. The molecule has 4 rings (SSSR count). The molecule has 2 unspecified atom stereocenters. The minimum atomic E-state index is 0.428. The summed E-state index contributed by atoms with van der Waals surface area (Å²) in [5, 5.41) is 7.00. The summed E-state index contributed by atoms with van der Waals surface area (Å²) in [6.45, 7) is 8.53. The first-order valence-electron chi connectivity index (χ1n) is 15.5. The van der Waals surface area contributed by atoms with Crippen molar-refractivity contribution in [1.29, 1.82) is 0 Å². The highest BCUT2D eigenvalue weighted by Gasteiger charge is 2.28. The highest BCUT2D eigenvalue weighted by molar-refractivity contribution is 5.29. The van der Waals surface area contributed by atoms with Gasteiger partial charge >= 0.3 is 0 Å². The summed E-state index contributed by atoms with van der Waals surface area (Å²) in [6, 6.07) is 9.12. The topological polar surface area (TPSA) is 61.7 Å². The van der Waals surface area contributed by atoms with E-state index in [9.17, 15) is 0 Å². The van der Waals surface area contributed by atoms with Gasteiger partial charge in [-0.1, -0.05) is 52.2 Å². The third-order valence-corrected chi connectivity index (χ3v) is 8.08. The Morgan fingerprint density at radius 3 is 1.93 bits per heavy atom. The number of methoxy groups -OCH3 is 1. The number of ether oxygens (including phenoxy) is 1. The lowest BCUT2D eigenvalue weighted by molar-refractivity contribution is 0.108. The Morgan fingerprint density at radius 1 is 0.825 bits per heavy atom. The smallest absolute Gasteiger partial charge is 0.0581 e. The van der Waals surface area contributed by atoms with Gasteiger partial charge in [-0.3, -0.25) is 9.97 Å². The van der Waals surface area contributed by atoms with Crippen molar-refractivity contribution in [2.45, 2.75) is 116 Å². The lowest BCUT2D eigenvalue weighted by atomic mass is 9.94. The first kappa shape index (κ1) is 34.3. The monoisotopic (exact) mass is 554 g/mol. The van der Waals surface area contributed by atoms with Crippen LogP contribution in [0.4, 0.5) is 0 Å². The maximum atomic E-state index is 7.00. The SMILES string of the molecule is CCCc1ccc(C2CCCC2)c(CN(C)C)n1.CO.COC1CCC(c2ccc(C(C)C)nc2CN(C)C)C1. The predicted molar refractivity (Wildman–Crippen MR) is 168 cm³/mol. The van der Waals surface area contributed by atoms with E-state index in [1.54, 1.807) is 0 Å². The molecule has 2 aliphatic carbocycles. The minimum Gasteiger partial charge on any atom is -0.400 e. The van der Waals surface area contributed by atoms with E-state index in [1.807, 2.05) is 7.11 Å². The molecule has 2 heterocycles. The summed E-state index contributed by atoms with van der Waals surface area (Å²) in [4.78, 5) is 14.3. The van der Waals surface area contributed by atoms with Gasteiger partial charge in [-0.25, -0.2) is 0 Å². The van der Waals surface area contributed by atoms with Crippen molar-refractivity contribution in [3.05, 3.63) is 58.2 Å². The molecule has 0 amide bonds. The van der Waals surface area contributed by atoms with Gasteiger partial charge in [0.15, 0.2) is 0 Å². The van der Waals surface area contributed by atoms with Gasteiger partial charge in [0.05, 0.1) is 17.5 Å². The molecular weight excluding hydrogens is 496 g/mol. The van der Waals surface area contributed by atoms with Crippen LogP contribution in [0.1, 0.15) is 124 Å². The van der Waals surface area contributed by atoms with Crippen LogP contribution in [0.5, 0.6) is 0 Å². The molecule has 0 saturated heterocycles. The number of aliphatic hydroxyl groups excluding tert-OH is 1.